The van der Waals surface area contributed by atoms with Crippen LogP contribution < -0.4 is 5.32 Å². The zero-order valence-electron chi connectivity index (χ0n) is 11.2. The van der Waals surface area contributed by atoms with Crippen LogP contribution in [0, 0.1) is 10.1 Å². The molecule has 9 nitrogen and oxygen atoms in total. The number of methoxy groups -OCH3 is 1. The highest BCUT2D eigenvalue weighted by atomic mass is 32.1. The minimum atomic E-state index is -1.09. The fourth-order valence-corrected chi connectivity index (χ4v) is 2.61. The molecule has 0 radical (unpaired) electrons. The maximum absolute atomic E-state index is 11.2. The summed E-state index contributed by atoms with van der Waals surface area (Å²) in [6.45, 7) is 0.422. The van der Waals surface area contributed by atoms with E-state index >= 15 is 0 Å². The number of carboxylic acid groups (broad SMARTS) is 1. The van der Waals surface area contributed by atoms with Crippen molar-refractivity contribution >= 4 is 33.9 Å². The smallest absolute Gasteiger partial charge is 0.372 e. The van der Waals surface area contributed by atoms with Gasteiger partial charge in [0.1, 0.15) is 12.2 Å². The maximum atomic E-state index is 11.2. The summed E-state index contributed by atoms with van der Waals surface area (Å²) < 4.78 is 6.19. The zero-order valence-corrected chi connectivity index (χ0v) is 12.0. The van der Waals surface area contributed by atoms with Crippen LogP contribution in [0.4, 0.5) is 11.6 Å². The predicted octanol–water partition coefficient (Wildman–Crippen LogP) is 1.60. The van der Waals surface area contributed by atoms with Gasteiger partial charge in [0.2, 0.25) is 5.82 Å². The summed E-state index contributed by atoms with van der Waals surface area (Å²) in [7, 11) is 1.53. The molecule has 2 N–H and O–H groups in total. The maximum Gasteiger partial charge on any atom is 0.372 e. The van der Waals surface area contributed by atoms with Crippen molar-refractivity contribution in [3.05, 3.63) is 21.7 Å². The zero-order chi connectivity index (χ0) is 15.4. The van der Waals surface area contributed by atoms with Crippen LogP contribution in [0.2, 0.25) is 0 Å². The van der Waals surface area contributed by atoms with Crippen LogP contribution in [0.3, 0.4) is 0 Å². The van der Waals surface area contributed by atoms with Crippen LogP contribution in [0.1, 0.15) is 12.8 Å². The highest BCUT2D eigenvalue weighted by Gasteiger charge is 2.27. The lowest BCUT2D eigenvalue weighted by Crippen LogP contribution is -2.30. The second kappa shape index (κ2) is 6.50. The Balaban J connectivity index is 2.23. The Morgan fingerprint density at radius 1 is 1.71 bits per heavy atom. The standard InChI is InChI=1S/C11H14N4O5S/c1-20-5-2-3-7(10(16)17)12-8-9(15(18)19)14-4-6-21-11(14)13-8/h4,6-7,12H,2-3,5H2,1H3,(H,16,17). The normalized spacial score (nSPS) is 12.4. The molecule has 1 atom stereocenters. The Labute approximate surface area is 123 Å². The van der Waals surface area contributed by atoms with E-state index in [9.17, 15) is 20.0 Å². The number of nitro groups is 1. The Hall–Kier alpha value is -2.20. The van der Waals surface area contributed by atoms with E-state index in [1.807, 2.05) is 0 Å². The van der Waals surface area contributed by atoms with E-state index in [1.54, 1.807) is 5.38 Å². The highest BCUT2D eigenvalue weighted by Crippen LogP contribution is 2.28. The van der Waals surface area contributed by atoms with Crippen molar-refractivity contribution in [2.45, 2.75) is 18.9 Å². The Morgan fingerprint density at radius 3 is 3.10 bits per heavy atom. The number of rotatable bonds is 8. The van der Waals surface area contributed by atoms with Gasteiger partial charge in [-0.2, -0.15) is 9.38 Å². The number of ether oxygens (including phenoxy) is 1. The van der Waals surface area contributed by atoms with Gasteiger partial charge in [0.15, 0.2) is 0 Å². The third-order valence-corrected chi connectivity index (χ3v) is 3.62. The first kappa shape index (κ1) is 15.2. The number of aliphatic carboxylic acids is 1. The van der Waals surface area contributed by atoms with Gasteiger partial charge >= 0.3 is 11.8 Å². The third-order valence-electron chi connectivity index (χ3n) is 2.86. The molecule has 2 rings (SSSR count). The van der Waals surface area contributed by atoms with Crippen LogP contribution in [0.5, 0.6) is 0 Å². The number of imidazole rings is 1. The molecule has 2 aromatic rings. The fourth-order valence-electron chi connectivity index (χ4n) is 1.90. The first-order valence-corrected chi connectivity index (χ1v) is 7.00. The number of carbonyl (C=O) groups is 1. The number of anilines is 1. The fraction of sp³-hybridized carbons (Fsp3) is 0.455. The molecule has 10 heteroatoms. The number of nitrogens with one attached hydrogen (secondary N) is 1. The summed E-state index contributed by atoms with van der Waals surface area (Å²) in [5.41, 5.74) is 0. The molecular formula is C11H14N4O5S. The molecule has 0 amide bonds. The average molecular weight is 314 g/mol. The summed E-state index contributed by atoms with van der Waals surface area (Å²) in [5.74, 6) is -1.38. The van der Waals surface area contributed by atoms with Crippen molar-refractivity contribution in [3.63, 3.8) is 0 Å². The van der Waals surface area contributed by atoms with Gasteiger partial charge in [-0.15, -0.1) is 0 Å². The van der Waals surface area contributed by atoms with E-state index in [4.69, 9.17) is 4.74 Å². The largest absolute Gasteiger partial charge is 0.480 e. The van der Waals surface area contributed by atoms with E-state index in [1.165, 1.54) is 29.0 Å². The molecule has 0 spiro atoms. The lowest BCUT2D eigenvalue weighted by atomic mass is 10.1. The topological polar surface area (TPSA) is 119 Å². The summed E-state index contributed by atoms with van der Waals surface area (Å²) in [5, 5.41) is 24.6. The van der Waals surface area contributed by atoms with Gasteiger partial charge in [-0.1, -0.05) is 11.3 Å². The predicted molar refractivity (Wildman–Crippen MR) is 75.9 cm³/mol. The molecule has 0 bridgehead atoms. The van der Waals surface area contributed by atoms with Gasteiger partial charge in [0.25, 0.3) is 4.96 Å². The number of nitrogens with zero attached hydrogens (tertiary/aromatic N) is 3. The molecule has 0 aliphatic rings. The Bertz CT molecular complexity index is 652. The van der Waals surface area contributed by atoms with Gasteiger partial charge in [-0.3, -0.25) is 0 Å². The van der Waals surface area contributed by atoms with Crippen LogP contribution in [-0.2, 0) is 9.53 Å². The average Bonchev–Trinajstić information content (AvgIpc) is 2.96. The Morgan fingerprint density at radius 2 is 2.48 bits per heavy atom. The molecule has 0 saturated carbocycles. The van der Waals surface area contributed by atoms with E-state index in [0.29, 0.717) is 18.0 Å². The van der Waals surface area contributed by atoms with Crippen molar-refractivity contribution in [1.82, 2.24) is 9.38 Å². The lowest BCUT2D eigenvalue weighted by Gasteiger charge is -2.13. The first-order valence-electron chi connectivity index (χ1n) is 6.12. The molecule has 0 aromatic carbocycles. The summed E-state index contributed by atoms with van der Waals surface area (Å²) >= 11 is 1.24. The van der Waals surface area contributed by atoms with Gasteiger partial charge < -0.3 is 25.3 Å². The molecule has 2 aromatic heterocycles. The molecule has 0 fully saturated rings. The van der Waals surface area contributed by atoms with E-state index in [2.05, 4.69) is 10.3 Å². The monoisotopic (exact) mass is 314 g/mol. The number of fused-ring (bicyclic) bond motifs is 1. The van der Waals surface area contributed by atoms with Gasteiger partial charge in [0, 0.05) is 19.1 Å². The van der Waals surface area contributed by atoms with E-state index < -0.39 is 16.9 Å². The minimum absolute atomic E-state index is 0.0309. The Kier molecular flexibility index (Phi) is 4.70. The number of hydrogen-bond acceptors (Lipinski definition) is 7. The van der Waals surface area contributed by atoms with Crippen LogP contribution in [0.25, 0.3) is 4.96 Å². The van der Waals surface area contributed by atoms with Crippen molar-refractivity contribution in [1.29, 1.82) is 0 Å². The molecule has 1 unspecified atom stereocenters. The van der Waals surface area contributed by atoms with Crippen LogP contribution in [0.15, 0.2) is 11.6 Å². The molecule has 0 aliphatic heterocycles. The molecule has 21 heavy (non-hydrogen) atoms. The van der Waals surface area contributed by atoms with Crippen LogP contribution in [-0.4, -0.2) is 45.1 Å². The summed E-state index contributed by atoms with van der Waals surface area (Å²) in [4.78, 5) is 26.3. The minimum Gasteiger partial charge on any atom is -0.480 e. The quantitative estimate of drug-likeness (QED) is 0.431. The second-order valence-corrected chi connectivity index (χ2v) is 5.14. The molecule has 114 valence electrons. The number of thiazole rings is 1. The molecule has 0 saturated heterocycles. The lowest BCUT2D eigenvalue weighted by molar-refractivity contribution is -0.389. The van der Waals surface area contributed by atoms with Gasteiger partial charge in [0.05, 0.1) is 0 Å². The number of carboxylic acids is 1. The summed E-state index contributed by atoms with van der Waals surface area (Å²) in [6.07, 6.45) is 2.33. The molecular weight excluding hydrogens is 300 g/mol. The summed E-state index contributed by atoms with van der Waals surface area (Å²) in [6, 6.07) is -0.955. The van der Waals surface area contributed by atoms with E-state index in [-0.39, 0.29) is 18.1 Å². The highest BCUT2D eigenvalue weighted by molar-refractivity contribution is 7.15. The SMILES string of the molecule is COCCCC(Nc1nc2sccn2c1[N+](=O)[O-])C(=O)O. The number of aromatic nitrogens is 2. The van der Waals surface area contributed by atoms with Gasteiger partial charge in [-0.25, -0.2) is 4.79 Å². The van der Waals surface area contributed by atoms with Crippen molar-refractivity contribution in [2.24, 2.45) is 0 Å². The van der Waals surface area contributed by atoms with Crippen molar-refractivity contribution < 1.29 is 19.6 Å². The van der Waals surface area contributed by atoms with Gasteiger partial charge in [-0.05, 0) is 17.8 Å². The van der Waals surface area contributed by atoms with Crippen molar-refractivity contribution in [2.75, 3.05) is 19.0 Å². The first-order chi connectivity index (χ1) is 10.0. The van der Waals surface area contributed by atoms with E-state index in [0.717, 1.165) is 0 Å². The second-order valence-electron chi connectivity index (χ2n) is 4.27. The van der Waals surface area contributed by atoms with Crippen molar-refractivity contribution in [3.8, 4) is 0 Å². The molecule has 2 heterocycles. The number of hydrogen-bond donors (Lipinski definition) is 2. The van der Waals surface area contributed by atoms with Crippen LogP contribution >= 0.6 is 11.3 Å². The molecule has 0 aliphatic carbocycles. The third kappa shape index (κ3) is 3.28.